The third-order valence-corrected chi connectivity index (χ3v) is 5.21. The van der Waals surface area contributed by atoms with E-state index in [9.17, 15) is 4.79 Å². The molecule has 4 nitrogen and oxygen atoms in total. The van der Waals surface area contributed by atoms with E-state index in [0.717, 1.165) is 42.8 Å². The summed E-state index contributed by atoms with van der Waals surface area (Å²) in [5.41, 5.74) is 1.53. The number of benzene rings is 1. The number of carbonyl (C=O) groups is 1. The molecule has 1 unspecified atom stereocenters. The van der Waals surface area contributed by atoms with E-state index in [4.69, 9.17) is 16.3 Å². The summed E-state index contributed by atoms with van der Waals surface area (Å²) < 4.78 is 5.89. The minimum atomic E-state index is -0.450. The molecule has 1 aliphatic heterocycles. The minimum absolute atomic E-state index is 0.0447. The van der Waals surface area contributed by atoms with Gasteiger partial charge in [-0.2, -0.15) is 0 Å². The van der Waals surface area contributed by atoms with Crippen LogP contribution in [0.25, 0.3) is 0 Å². The predicted octanol–water partition coefficient (Wildman–Crippen LogP) is 4.42. The molecule has 1 fully saturated rings. The van der Waals surface area contributed by atoms with E-state index >= 15 is 0 Å². The molecule has 1 aromatic carbocycles. The first-order chi connectivity index (χ1) is 12.2. The lowest BCUT2D eigenvalue weighted by Crippen LogP contribution is -2.43. The van der Waals surface area contributed by atoms with Crippen LogP contribution in [0.2, 0.25) is 5.02 Å². The Morgan fingerprint density at radius 1 is 1.42 bits per heavy atom. The second-order valence-corrected chi connectivity index (χ2v) is 8.43. The van der Waals surface area contributed by atoms with Gasteiger partial charge in [-0.15, -0.1) is 0 Å². The second kappa shape index (κ2) is 8.92. The van der Waals surface area contributed by atoms with Crippen molar-refractivity contribution in [2.75, 3.05) is 19.7 Å². The van der Waals surface area contributed by atoms with Gasteiger partial charge in [0.1, 0.15) is 12.4 Å². The lowest BCUT2D eigenvalue weighted by atomic mass is 9.84. The summed E-state index contributed by atoms with van der Waals surface area (Å²) in [6, 6.07) is 3.81. The molecule has 26 heavy (non-hydrogen) atoms. The zero-order chi connectivity index (χ0) is 19.3. The van der Waals surface area contributed by atoms with Crippen LogP contribution in [0.4, 0.5) is 0 Å². The van der Waals surface area contributed by atoms with Crippen LogP contribution in [0.1, 0.15) is 50.8 Å². The van der Waals surface area contributed by atoms with E-state index in [0.29, 0.717) is 17.5 Å². The maximum Gasteiger partial charge on any atom is 0.225 e. The van der Waals surface area contributed by atoms with Gasteiger partial charge in [-0.3, -0.25) is 4.79 Å². The maximum absolute atomic E-state index is 12.8. The zero-order valence-corrected chi connectivity index (χ0v) is 17.1. The van der Waals surface area contributed by atoms with Crippen molar-refractivity contribution in [3.63, 3.8) is 0 Å². The Labute approximate surface area is 162 Å². The molecule has 1 heterocycles. The molecule has 0 saturated carbocycles. The number of amides is 1. The molecular weight excluding hydrogens is 348 g/mol. The number of piperidine rings is 1. The monoisotopic (exact) mass is 378 g/mol. The number of carbonyl (C=O) groups excluding carboxylic acids is 1. The van der Waals surface area contributed by atoms with Crippen molar-refractivity contribution in [2.24, 2.45) is 11.3 Å². The predicted molar refractivity (Wildman–Crippen MR) is 108 cm³/mol. The molecule has 2 N–H and O–H groups in total. The topological polar surface area (TPSA) is 50.4 Å². The standard InChI is InChI=1S/C21H31ClN2O2/c1-6-11-26-18-13-17(22)14(2)12-16(18)19(15-7-9-23-10-8-15)24-20(25)21(3,4)5/h6,12-13,15,19,23H,1,7-11H2,2-5H3,(H,24,25). The van der Waals surface area contributed by atoms with Crippen molar-refractivity contribution in [1.82, 2.24) is 10.6 Å². The van der Waals surface area contributed by atoms with Crippen LogP contribution in [-0.4, -0.2) is 25.6 Å². The summed E-state index contributed by atoms with van der Waals surface area (Å²) in [7, 11) is 0. The largest absolute Gasteiger partial charge is 0.489 e. The van der Waals surface area contributed by atoms with Crippen molar-refractivity contribution >= 4 is 17.5 Å². The normalized spacial score (nSPS) is 16.8. The molecule has 1 atom stereocenters. The van der Waals surface area contributed by atoms with Crippen molar-refractivity contribution in [3.05, 3.63) is 40.9 Å². The average Bonchev–Trinajstić information content (AvgIpc) is 2.60. The zero-order valence-electron chi connectivity index (χ0n) is 16.3. The Bertz CT molecular complexity index is 646. The van der Waals surface area contributed by atoms with Crippen LogP contribution >= 0.6 is 11.6 Å². The summed E-state index contributed by atoms with van der Waals surface area (Å²) in [6.45, 7) is 13.8. The molecule has 1 saturated heterocycles. The van der Waals surface area contributed by atoms with Gasteiger partial charge >= 0.3 is 0 Å². The third-order valence-electron chi connectivity index (χ3n) is 4.81. The molecule has 5 heteroatoms. The SMILES string of the molecule is C=CCOc1cc(Cl)c(C)cc1C(NC(=O)C(C)(C)C)C1CCNCC1. The highest BCUT2D eigenvalue weighted by Crippen LogP contribution is 2.38. The molecule has 2 rings (SSSR count). The van der Waals surface area contributed by atoms with Crippen LogP contribution in [0.15, 0.2) is 24.8 Å². The van der Waals surface area contributed by atoms with Gasteiger partial charge in [-0.1, -0.05) is 45.0 Å². The van der Waals surface area contributed by atoms with Gasteiger partial charge in [-0.05, 0) is 56.5 Å². The number of nitrogens with one attached hydrogen (secondary N) is 2. The Kier molecular flexibility index (Phi) is 7.13. The number of rotatable bonds is 6. The molecule has 144 valence electrons. The van der Waals surface area contributed by atoms with Crippen molar-refractivity contribution in [1.29, 1.82) is 0 Å². The molecule has 1 aromatic rings. The van der Waals surface area contributed by atoms with E-state index in [2.05, 4.69) is 23.3 Å². The fraction of sp³-hybridized carbons (Fsp3) is 0.571. The number of hydrogen-bond acceptors (Lipinski definition) is 3. The van der Waals surface area contributed by atoms with E-state index in [1.54, 1.807) is 6.08 Å². The van der Waals surface area contributed by atoms with Gasteiger partial charge in [0.05, 0.1) is 6.04 Å². The second-order valence-electron chi connectivity index (χ2n) is 8.03. The molecule has 0 aromatic heterocycles. The fourth-order valence-electron chi connectivity index (χ4n) is 3.19. The summed E-state index contributed by atoms with van der Waals surface area (Å²) >= 11 is 6.33. The van der Waals surface area contributed by atoms with Crippen LogP contribution in [0.3, 0.4) is 0 Å². The Morgan fingerprint density at radius 3 is 2.65 bits per heavy atom. The van der Waals surface area contributed by atoms with Crippen LogP contribution < -0.4 is 15.4 Å². The van der Waals surface area contributed by atoms with E-state index in [1.807, 2.05) is 33.8 Å². The Balaban J connectivity index is 2.44. The lowest BCUT2D eigenvalue weighted by molar-refractivity contribution is -0.129. The van der Waals surface area contributed by atoms with Crippen LogP contribution in [0.5, 0.6) is 5.75 Å². The number of halogens is 1. The quantitative estimate of drug-likeness (QED) is 0.720. The van der Waals surface area contributed by atoms with Gasteiger partial charge < -0.3 is 15.4 Å². The highest BCUT2D eigenvalue weighted by atomic mass is 35.5. The van der Waals surface area contributed by atoms with Gasteiger partial charge in [0, 0.05) is 16.0 Å². The van der Waals surface area contributed by atoms with E-state index in [-0.39, 0.29) is 11.9 Å². The Morgan fingerprint density at radius 2 is 2.08 bits per heavy atom. The van der Waals surface area contributed by atoms with Gasteiger partial charge in [0.25, 0.3) is 0 Å². The summed E-state index contributed by atoms with van der Waals surface area (Å²) in [5.74, 6) is 1.12. The molecular formula is C21H31ClN2O2. The van der Waals surface area contributed by atoms with Crippen molar-refractivity contribution < 1.29 is 9.53 Å². The maximum atomic E-state index is 12.8. The van der Waals surface area contributed by atoms with Gasteiger partial charge in [-0.25, -0.2) is 0 Å². The molecule has 0 spiro atoms. The summed E-state index contributed by atoms with van der Waals surface area (Å²) in [4.78, 5) is 12.8. The fourth-order valence-corrected chi connectivity index (χ4v) is 3.34. The molecule has 0 radical (unpaired) electrons. The molecule has 1 amide bonds. The molecule has 0 aliphatic carbocycles. The van der Waals surface area contributed by atoms with Crippen LogP contribution in [-0.2, 0) is 4.79 Å². The number of ether oxygens (including phenoxy) is 1. The first-order valence-electron chi connectivity index (χ1n) is 9.29. The summed E-state index contributed by atoms with van der Waals surface area (Å²) in [5, 5.41) is 7.35. The van der Waals surface area contributed by atoms with Gasteiger partial charge in [0.15, 0.2) is 0 Å². The highest BCUT2D eigenvalue weighted by Gasteiger charge is 2.32. The first kappa shape index (κ1) is 20.8. The average molecular weight is 379 g/mol. The van der Waals surface area contributed by atoms with Crippen LogP contribution in [0, 0.1) is 18.3 Å². The van der Waals surface area contributed by atoms with E-state index < -0.39 is 5.41 Å². The van der Waals surface area contributed by atoms with E-state index in [1.165, 1.54) is 0 Å². The van der Waals surface area contributed by atoms with Crippen molar-refractivity contribution in [2.45, 2.75) is 46.6 Å². The minimum Gasteiger partial charge on any atom is -0.489 e. The first-order valence-corrected chi connectivity index (χ1v) is 9.67. The van der Waals surface area contributed by atoms with Crippen molar-refractivity contribution in [3.8, 4) is 5.75 Å². The molecule has 1 aliphatic rings. The third kappa shape index (κ3) is 5.24. The molecule has 0 bridgehead atoms. The van der Waals surface area contributed by atoms with Gasteiger partial charge in [0.2, 0.25) is 5.91 Å². The smallest absolute Gasteiger partial charge is 0.225 e. The number of aryl methyl sites for hydroxylation is 1. The lowest BCUT2D eigenvalue weighted by Gasteiger charge is -2.34. The highest BCUT2D eigenvalue weighted by molar-refractivity contribution is 6.31. The number of hydrogen-bond donors (Lipinski definition) is 2. The Hall–Kier alpha value is -1.52. The summed E-state index contributed by atoms with van der Waals surface area (Å²) in [6.07, 6.45) is 3.74.